The Balaban J connectivity index is 1.94. The molecule has 0 aromatic heterocycles. The van der Waals surface area contributed by atoms with E-state index in [2.05, 4.69) is 13.8 Å². The van der Waals surface area contributed by atoms with Crippen LogP contribution in [0.3, 0.4) is 0 Å². The molecule has 24 heavy (non-hydrogen) atoms. The van der Waals surface area contributed by atoms with E-state index in [0.29, 0.717) is 11.7 Å². The molecule has 2 aliphatic rings. The summed E-state index contributed by atoms with van der Waals surface area (Å²) in [6.07, 6.45) is 0. The molecule has 2 aliphatic heterocycles. The average molecular weight is 352 g/mol. The molecule has 0 spiro atoms. The SMILES string of the molecule is COc1ccc(N2C(=O)CN(CC(C)C)[C@@H]3CS(=O)(=O)C[C@H]32)cc1. The second kappa shape index (κ2) is 6.37. The number of methoxy groups -OCH3 is 1. The maximum Gasteiger partial charge on any atom is 0.241 e. The van der Waals surface area contributed by atoms with Gasteiger partial charge in [0.2, 0.25) is 5.91 Å². The fourth-order valence-electron chi connectivity index (χ4n) is 3.71. The smallest absolute Gasteiger partial charge is 0.241 e. The van der Waals surface area contributed by atoms with Gasteiger partial charge < -0.3 is 9.64 Å². The van der Waals surface area contributed by atoms with Gasteiger partial charge in [0.25, 0.3) is 0 Å². The van der Waals surface area contributed by atoms with Crippen LogP contribution in [-0.4, -0.2) is 63.0 Å². The van der Waals surface area contributed by atoms with Crippen molar-refractivity contribution in [2.24, 2.45) is 5.92 Å². The highest BCUT2D eigenvalue weighted by Gasteiger charge is 2.49. The Morgan fingerprint density at radius 3 is 2.38 bits per heavy atom. The Kier molecular flexibility index (Phi) is 4.57. The maximum absolute atomic E-state index is 12.8. The van der Waals surface area contributed by atoms with Crippen LogP contribution in [0.25, 0.3) is 0 Å². The van der Waals surface area contributed by atoms with Crippen molar-refractivity contribution in [3.05, 3.63) is 24.3 Å². The van der Waals surface area contributed by atoms with Crippen molar-refractivity contribution in [2.75, 3.05) is 36.6 Å². The van der Waals surface area contributed by atoms with Crippen molar-refractivity contribution < 1.29 is 17.9 Å². The topological polar surface area (TPSA) is 66.9 Å². The second-order valence-corrected chi connectivity index (χ2v) is 9.15. The third kappa shape index (κ3) is 3.28. The quantitative estimate of drug-likeness (QED) is 0.814. The predicted octanol–water partition coefficient (Wildman–Crippen LogP) is 1.17. The summed E-state index contributed by atoms with van der Waals surface area (Å²) in [6, 6.07) is 6.78. The van der Waals surface area contributed by atoms with Crippen LogP contribution in [-0.2, 0) is 14.6 Å². The van der Waals surface area contributed by atoms with E-state index in [9.17, 15) is 13.2 Å². The maximum atomic E-state index is 12.8. The highest BCUT2D eigenvalue weighted by atomic mass is 32.2. The number of fused-ring (bicyclic) bond motifs is 1. The van der Waals surface area contributed by atoms with Gasteiger partial charge in [-0.1, -0.05) is 13.8 Å². The molecule has 1 aromatic carbocycles. The third-order valence-electron chi connectivity index (χ3n) is 4.65. The predicted molar refractivity (Wildman–Crippen MR) is 93.1 cm³/mol. The van der Waals surface area contributed by atoms with E-state index in [1.165, 1.54) is 0 Å². The van der Waals surface area contributed by atoms with Gasteiger partial charge in [0.1, 0.15) is 5.75 Å². The van der Waals surface area contributed by atoms with Crippen molar-refractivity contribution in [3.63, 3.8) is 0 Å². The fraction of sp³-hybridized carbons (Fsp3) is 0.588. The molecule has 2 atom stereocenters. The average Bonchev–Trinajstić information content (AvgIpc) is 2.82. The minimum atomic E-state index is -3.13. The van der Waals surface area contributed by atoms with Crippen LogP contribution in [0.5, 0.6) is 5.75 Å². The summed E-state index contributed by atoms with van der Waals surface area (Å²) in [5, 5.41) is 0. The standard InChI is InChI=1S/C17H24N2O4S/c1-12(2)8-18-9-17(20)19(13-4-6-14(23-3)7-5-13)16-11-24(21,22)10-15(16)18/h4-7,12,15-16H,8-11H2,1-3H3/t15-,16-/m1/s1. The normalized spacial score (nSPS) is 26.7. The molecule has 0 unspecified atom stereocenters. The number of ether oxygens (including phenoxy) is 1. The van der Waals surface area contributed by atoms with Gasteiger partial charge in [-0.25, -0.2) is 8.42 Å². The number of anilines is 1. The number of piperazine rings is 1. The molecule has 0 bridgehead atoms. The lowest BCUT2D eigenvalue weighted by Crippen LogP contribution is -2.62. The van der Waals surface area contributed by atoms with Gasteiger partial charge in [-0.3, -0.25) is 9.69 Å². The molecule has 2 fully saturated rings. The molecule has 1 amide bonds. The number of amides is 1. The summed E-state index contributed by atoms with van der Waals surface area (Å²) in [5.74, 6) is 1.21. The minimum absolute atomic E-state index is 0.0318. The Morgan fingerprint density at radius 2 is 1.79 bits per heavy atom. The van der Waals surface area contributed by atoms with E-state index in [4.69, 9.17) is 4.74 Å². The van der Waals surface area contributed by atoms with Crippen LogP contribution < -0.4 is 9.64 Å². The number of nitrogens with zero attached hydrogens (tertiary/aromatic N) is 2. The van der Waals surface area contributed by atoms with Gasteiger partial charge in [-0.15, -0.1) is 0 Å². The van der Waals surface area contributed by atoms with Crippen LogP contribution in [0.2, 0.25) is 0 Å². The first-order chi connectivity index (χ1) is 11.3. The van der Waals surface area contributed by atoms with Crippen molar-refractivity contribution in [1.29, 1.82) is 0 Å². The number of hydrogen-bond acceptors (Lipinski definition) is 5. The number of benzene rings is 1. The lowest BCUT2D eigenvalue weighted by Gasteiger charge is -2.44. The molecule has 6 nitrogen and oxygen atoms in total. The first-order valence-corrected chi connectivity index (χ1v) is 10.0. The number of carbonyl (C=O) groups excluding carboxylic acids is 1. The summed E-state index contributed by atoms with van der Waals surface area (Å²) in [4.78, 5) is 16.5. The van der Waals surface area contributed by atoms with Crippen LogP contribution in [0.15, 0.2) is 24.3 Å². The number of hydrogen-bond donors (Lipinski definition) is 0. The van der Waals surface area contributed by atoms with Crippen LogP contribution in [0.4, 0.5) is 5.69 Å². The van der Waals surface area contributed by atoms with Crippen molar-refractivity contribution in [2.45, 2.75) is 25.9 Å². The van der Waals surface area contributed by atoms with E-state index in [1.54, 1.807) is 24.1 Å². The molecule has 0 saturated carbocycles. The molecular weight excluding hydrogens is 328 g/mol. The van der Waals surface area contributed by atoms with Gasteiger partial charge in [-0.2, -0.15) is 0 Å². The van der Waals surface area contributed by atoms with E-state index in [0.717, 1.165) is 12.2 Å². The zero-order valence-corrected chi connectivity index (χ0v) is 15.1. The summed E-state index contributed by atoms with van der Waals surface area (Å²) in [7, 11) is -1.55. The second-order valence-electron chi connectivity index (χ2n) is 7.00. The Bertz CT molecular complexity index is 715. The van der Waals surface area contributed by atoms with Gasteiger partial charge in [0.15, 0.2) is 9.84 Å². The number of sulfone groups is 1. The lowest BCUT2D eigenvalue weighted by molar-refractivity contribution is -0.123. The van der Waals surface area contributed by atoms with Crippen LogP contribution in [0, 0.1) is 5.92 Å². The fourth-order valence-corrected chi connectivity index (χ4v) is 5.69. The van der Waals surface area contributed by atoms with Crippen molar-refractivity contribution in [3.8, 4) is 5.75 Å². The highest BCUT2D eigenvalue weighted by molar-refractivity contribution is 7.91. The Morgan fingerprint density at radius 1 is 1.17 bits per heavy atom. The van der Waals surface area contributed by atoms with Crippen molar-refractivity contribution >= 4 is 21.4 Å². The van der Waals surface area contributed by atoms with Gasteiger partial charge >= 0.3 is 0 Å². The molecule has 132 valence electrons. The van der Waals surface area contributed by atoms with Crippen LogP contribution >= 0.6 is 0 Å². The molecule has 0 N–H and O–H groups in total. The first-order valence-electron chi connectivity index (χ1n) is 8.21. The van der Waals surface area contributed by atoms with E-state index in [1.807, 2.05) is 17.0 Å². The van der Waals surface area contributed by atoms with Gasteiger partial charge in [0.05, 0.1) is 31.2 Å². The zero-order valence-electron chi connectivity index (χ0n) is 14.3. The van der Waals surface area contributed by atoms with E-state index < -0.39 is 9.84 Å². The zero-order chi connectivity index (χ0) is 17.5. The molecule has 3 rings (SSSR count). The molecule has 0 aliphatic carbocycles. The molecule has 1 aromatic rings. The highest BCUT2D eigenvalue weighted by Crippen LogP contribution is 2.32. The molecule has 7 heteroatoms. The van der Waals surface area contributed by atoms with Gasteiger partial charge in [-0.05, 0) is 30.2 Å². The molecule has 2 saturated heterocycles. The molecule has 2 heterocycles. The molecular formula is C17H24N2O4S. The van der Waals surface area contributed by atoms with Gasteiger partial charge in [0, 0.05) is 18.3 Å². The lowest BCUT2D eigenvalue weighted by atomic mass is 10.0. The molecule has 0 radical (unpaired) electrons. The Labute approximate surface area is 143 Å². The summed E-state index contributed by atoms with van der Waals surface area (Å²) in [5.41, 5.74) is 0.733. The number of rotatable bonds is 4. The first kappa shape index (κ1) is 17.2. The van der Waals surface area contributed by atoms with E-state index in [-0.39, 0.29) is 36.0 Å². The summed E-state index contributed by atoms with van der Waals surface area (Å²) >= 11 is 0. The van der Waals surface area contributed by atoms with Crippen LogP contribution in [0.1, 0.15) is 13.8 Å². The third-order valence-corrected chi connectivity index (χ3v) is 6.35. The number of carbonyl (C=O) groups is 1. The summed E-state index contributed by atoms with van der Waals surface area (Å²) in [6.45, 7) is 5.16. The minimum Gasteiger partial charge on any atom is -0.497 e. The summed E-state index contributed by atoms with van der Waals surface area (Å²) < 4.78 is 29.6. The Hall–Kier alpha value is -1.60. The van der Waals surface area contributed by atoms with E-state index >= 15 is 0 Å². The monoisotopic (exact) mass is 352 g/mol. The van der Waals surface area contributed by atoms with Crippen molar-refractivity contribution in [1.82, 2.24) is 4.90 Å². The largest absolute Gasteiger partial charge is 0.497 e.